The van der Waals surface area contributed by atoms with Gasteiger partial charge in [0.15, 0.2) is 0 Å². The highest BCUT2D eigenvalue weighted by Crippen LogP contribution is 2.24. The van der Waals surface area contributed by atoms with E-state index < -0.39 is 12.1 Å². The van der Waals surface area contributed by atoms with Crippen LogP contribution >= 0.6 is 0 Å². The maximum Gasteiger partial charge on any atom is 0.242 e. The molecule has 1 heterocycles. The van der Waals surface area contributed by atoms with Crippen LogP contribution in [0.25, 0.3) is 11.1 Å². The van der Waals surface area contributed by atoms with E-state index in [4.69, 9.17) is 5.73 Å². The van der Waals surface area contributed by atoms with Gasteiger partial charge in [0.1, 0.15) is 12.1 Å². The predicted molar refractivity (Wildman–Crippen MR) is 90.6 cm³/mol. The maximum absolute atomic E-state index is 12.3. The lowest BCUT2D eigenvalue weighted by molar-refractivity contribution is -0.134. The van der Waals surface area contributed by atoms with Crippen LogP contribution < -0.4 is 5.73 Å². The van der Waals surface area contributed by atoms with E-state index >= 15 is 0 Å². The zero-order valence-corrected chi connectivity index (χ0v) is 13.1. The maximum atomic E-state index is 12.3. The number of aliphatic hydroxyl groups excluding tert-OH is 1. The molecule has 2 atom stereocenters. The molecular formula is C19H22N2O2. The Morgan fingerprint density at radius 3 is 2.13 bits per heavy atom. The van der Waals surface area contributed by atoms with Gasteiger partial charge < -0.3 is 15.7 Å². The number of nitrogens with two attached hydrogens (primary N) is 1. The smallest absolute Gasteiger partial charge is 0.242 e. The molecule has 1 aliphatic heterocycles. The zero-order valence-electron chi connectivity index (χ0n) is 13.1. The number of nitrogens with zero attached hydrogens (tertiary/aromatic N) is 1. The van der Waals surface area contributed by atoms with Gasteiger partial charge in [0, 0.05) is 13.1 Å². The van der Waals surface area contributed by atoms with E-state index in [0.717, 1.165) is 37.1 Å². The number of carbonyl (C=O) groups excluding carboxylic acids is 1. The van der Waals surface area contributed by atoms with Gasteiger partial charge in [-0.3, -0.25) is 4.79 Å². The molecule has 0 bridgehead atoms. The molecule has 1 fully saturated rings. The van der Waals surface area contributed by atoms with Gasteiger partial charge in [0.25, 0.3) is 0 Å². The third kappa shape index (κ3) is 3.44. The molecule has 0 spiro atoms. The molecule has 0 saturated carbocycles. The minimum Gasteiger partial charge on any atom is -0.386 e. The van der Waals surface area contributed by atoms with Crippen molar-refractivity contribution in [1.29, 1.82) is 0 Å². The topological polar surface area (TPSA) is 66.6 Å². The van der Waals surface area contributed by atoms with Crippen LogP contribution in [0.15, 0.2) is 54.6 Å². The molecule has 120 valence electrons. The fraction of sp³-hybridized carbons (Fsp3) is 0.316. The summed E-state index contributed by atoms with van der Waals surface area (Å²) in [6, 6.07) is 16.7. The molecule has 1 aliphatic rings. The first-order valence-corrected chi connectivity index (χ1v) is 8.04. The van der Waals surface area contributed by atoms with Crippen molar-refractivity contribution in [1.82, 2.24) is 4.90 Å². The van der Waals surface area contributed by atoms with Crippen LogP contribution in [0.4, 0.5) is 0 Å². The molecule has 23 heavy (non-hydrogen) atoms. The fourth-order valence-corrected chi connectivity index (χ4v) is 2.99. The number of hydrogen-bond donors (Lipinski definition) is 2. The molecule has 2 aromatic rings. The van der Waals surface area contributed by atoms with Crippen LogP contribution in [0.5, 0.6) is 0 Å². The highest BCUT2D eigenvalue weighted by atomic mass is 16.3. The lowest BCUT2D eigenvalue weighted by Crippen LogP contribution is -2.45. The number of benzene rings is 2. The molecule has 1 amide bonds. The summed E-state index contributed by atoms with van der Waals surface area (Å²) in [5, 5.41) is 10.4. The van der Waals surface area contributed by atoms with E-state index in [1.807, 2.05) is 54.6 Å². The number of aliphatic hydroxyl groups is 1. The Morgan fingerprint density at radius 2 is 1.52 bits per heavy atom. The lowest BCUT2D eigenvalue weighted by atomic mass is 9.98. The molecule has 0 aliphatic carbocycles. The van der Waals surface area contributed by atoms with Crippen molar-refractivity contribution in [2.45, 2.75) is 25.0 Å². The van der Waals surface area contributed by atoms with Crippen LogP contribution in [0.3, 0.4) is 0 Å². The van der Waals surface area contributed by atoms with Crippen molar-refractivity contribution in [2.24, 2.45) is 5.73 Å². The standard InChI is InChI=1S/C19H22N2O2/c20-17(19(23)21-12-4-5-13-21)18(22)16-10-8-15(9-11-16)14-6-2-1-3-7-14/h1-3,6-11,17-18,22H,4-5,12-13,20H2. The first kappa shape index (κ1) is 15.7. The Labute approximate surface area is 136 Å². The third-order valence-electron chi connectivity index (χ3n) is 4.40. The molecule has 2 aromatic carbocycles. The Bertz CT molecular complexity index is 649. The third-order valence-corrected chi connectivity index (χ3v) is 4.40. The van der Waals surface area contributed by atoms with Crippen molar-refractivity contribution >= 4 is 5.91 Å². The fourth-order valence-electron chi connectivity index (χ4n) is 2.99. The van der Waals surface area contributed by atoms with E-state index in [9.17, 15) is 9.90 Å². The first-order chi connectivity index (χ1) is 11.2. The summed E-state index contributed by atoms with van der Waals surface area (Å²) in [6.45, 7) is 1.48. The van der Waals surface area contributed by atoms with Crippen LogP contribution in [0, 0.1) is 0 Å². The second-order valence-electron chi connectivity index (χ2n) is 5.99. The second kappa shape index (κ2) is 6.94. The van der Waals surface area contributed by atoms with Gasteiger partial charge in [-0.05, 0) is 29.5 Å². The first-order valence-electron chi connectivity index (χ1n) is 8.04. The van der Waals surface area contributed by atoms with E-state index in [2.05, 4.69) is 0 Å². The van der Waals surface area contributed by atoms with Crippen LogP contribution in [0.1, 0.15) is 24.5 Å². The largest absolute Gasteiger partial charge is 0.386 e. The minimum atomic E-state index is -0.979. The van der Waals surface area contributed by atoms with Gasteiger partial charge in [-0.15, -0.1) is 0 Å². The van der Waals surface area contributed by atoms with Crippen molar-refractivity contribution in [3.05, 3.63) is 60.2 Å². The number of likely N-dealkylation sites (tertiary alicyclic amines) is 1. The monoisotopic (exact) mass is 310 g/mol. The second-order valence-corrected chi connectivity index (χ2v) is 5.99. The van der Waals surface area contributed by atoms with Crippen molar-refractivity contribution < 1.29 is 9.90 Å². The zero-order chi connectivity index (χ0) is 16.2. The number of carbonyl (C=O) groups is 1. The predicted octanol–water partition coefficient (Wildman–Crippen LogP) is 2.34. The lowest BCUT2D eigenvalue weighted by Gasteiger charge is -2.24. The number of hydrogen-bond acceptors (Lipinski definition) is 3. The highest BCUT2D eigenvalue weighted by molar-refractivity contribution is 5.82. The molecule has 3 rings (SSSR count). The van der Waals surface area contributed by atoms with Crippen molar-refractivity contribution in [2.75, 3.05) is 13.1 Å². The van der Waals surface area contributed by atoms with Crippen LogP contribution in [-0.2, 0) is 4.79 Å². The van der Waals surface area contributed by atoms with Crippen LogP contribution in [-0.4, -0.2) is 35.0 Å². The quantitative estimate of drug-likeness (QED) is 0.911. The Balaban J connectivity index is 1.72. The van der Waals surface area contributed by atoms with E-state index in [1.54, 1.807) is 4.90 Å². The summed E-state index contributed by atoms with van der Waals surface area (Å²) in [6.07, 6.45) is 1.05. The average molecular weight is 310 g/mol. The molecule has 0 aromatic heterocycles. The van der Waals surface area contributed by atoms with Crippen molar-refractivity contribution in [3.8, 4) is 11.1 Å². The Morgan fingerprint density at radius 1 is 0.957 bits per heavy atom. The summed E-state index contributed by atoms with van der Waals surface area (Å²) in [4.78, 5) is 14.0. The van der Waals surface area contributed by atoms with Gasteiger partial charge in [-0.25, -0.2) is 0 Å². The van der Waals surface area contributed by atoms with Gasteiger partial charge >= 0.3 is 0 Å². The van der Waals surface area contributed by atoms with Gasteiger partial charge in [0.05, 0.1) is 0 Å². The molecule has 4 heteroatoms. The summed E-state index contributed by atoms with van der Waals surface area (Å²) in [5.74, 6) is -0.165. The van der Waals surface area contributed by atoms with Gasteiger partial charge in [0.2, 0.25) is 5.91 Å². The normalized spacial score (nSPS) is 17.0. The van der Waals surface area contributed by atoms with Gasteiger partial charge in [-0.1, -0.05) is 54.6 Å². The average Bonchev–Trinajstić information content (AvgIpc) is 3.15. The molecule has 4 nitrogen and oxygen atoms in total. The summed E-state index contributed by atoms with van der Waals surface area (Å²) < 4.78 is 0. The summed E-state index contributed by atoms with van der Waals surface area (Å²) >= 11 is 0. The summed E-state index contributed by atoms with van der Waals surface area (Å²) in [5.41, 5.74) is 8.84. The SMILES string of the molecule is NC(C(=O)N1CCCC1)C(O)c1ccc(-c2ccccc2)cc1. The van der Waals surface area contributed by atoms with Crippen molar-refractivity contribution in [3.63, 3.8) is 0 Å². The van der Waals surface area contributed by atoms with E-state index in [0.29, 0.717) is 5.56 Å². The molecule has 2 unspecified atom stereocenters. The minimum absolute atomic E-state index is 0.165. The number of rotatable bonds is 4. The Hall–Kier alpha value is -2.17. The number of amides is 1. The van der Waals surface area contributed by atoms with Gasteiger partial charge in [-0.2, -0.15) is 0 Å². The van der Waals surface area contributed by atoms with E-state index in [1.165, 1.54) is 0 Å². The van der Waals surface area contributed by atoms with Crippen LogP contribution in [0.2, 0.25) is 0 Å². The molecular weight excluding hydrogens is 288 g/mol. The molecule has 1 saturated heterocycles. The Kier molecular flexibility index (Phi) is 4.74. The molecule has 3 N–H and O–H groups in total. The summed E-state index contributed by atoms with van der Waals surface area (Å²) in [7, 11) is 0. The highest BCUT2D eigenvalue weighted by Gasteiger charge is 2.29. The van der Waals surface area contributed by atoms with E-state index in [-0.39, 0.29) is 5.91 Å². The molecule has 0 radical (unpaired) electrons.